The van der Waals surface area contributed by atoms with Crippen LogP contribution in [0, 0.1) is 11.3 Å². The second-order valence-corrected chi connectivity index (χ2v) is 5.03. The van der Waals surface area contributed by atoms with E-state index in [-0.39, 0.29) is 0 Å². The third-order valence-electron chi connectivity index (χ3n) is 2.74. The van der Waals surface area contributed by atoms with Gasteiger partial charge in [0.15, 0.2) is 5.16 Å². The zero-order valence-electron chi connectivity index (χ0n) is 9.35. The van der Waals surface area contributed by atoms with Crippen LogP contribution in [0.25, 0.3) is 0 Å². The van der Waals surface area contributed by atoms with Gasteiger partial charge in [-0.05, 0) is 19.3 Å². The largest absolute Gasteiger partial charge is 0.306 e. The Morgan fingerprint density at radius 2 is 2.25 bits per heavy atom. The van der Waals surface area contributed by atoms with Gasteiger partial charge < -0.3 is 4.57 Å². The van der Waals surface area contributed by atoms with E-state index in [1.54, 1.807) is 11.8 Å². The first-order valence-electron chi connectivity index (χ1n) is 5.83. The second-order valence-electron chi connectivity index (χ2n) is 3.97. The van der Waals surface area contributed by atoms with Gasteiger partial charge in [0.05, 0.1) is 6.07 Å². The van der Waals surface area contributed by atoms with E-state index in [4.69, 9.17) is 5.26 Å². The molecule has 0 radical (unpaired) electrons. The highest BCUT2D eigenvalue weighted by molar-refractivity contribution is 7.99. The van der Waals surface area contributed by atoms with Crippen molar-refractivity contribution >= 4 is 11.8 Å². The molecule has 0 unspecified atom stereocenters. The molecule has 0 saturated carbocycles. The molecule has 86 valence electrons. The van der Waals surface area contributed by atoms with E-state index in [0.29, 0.717) is 6.42 Å². The number of hydrogen-bond acceptors (Lipinski definition) is 4. The molecule has 0 aliphatic carbocycles. The molecule has 0 spiro atoms. The van der Waals surface area contributed by atoms with Crippen LogP contribution in [0.2, 0.25) is 0 Å². The van der Waals surface area contributed by atoms with Crippen LogP contribution in [-0.2, 0) is 13.0 Å². The third-order valence-corrected chi connectivity index (χ3v) is 3.79. The van der Waals surface area contributed by atoms with Gasteiger partial charge in [-0.25, -0.2) is 0 Å². The van der Waals surface area contributed by atoms with Gasteiger partial charge in [0.2, 0.25) is 0 Å². The van der Waals surface area contributed by atoms with Gasteiger partial charge in [0, 0.05) is 25.1 Å². The lowest BCUT2D eigenvalue weighted by molar-refractivity contribution is 0.591. The molecule has 0 bridgehead atoms. The molecule has 2 rings (SSSR count). The molecule has 0 atom stereocenters. The molecule has 2 heterocycles. The van der Waals surface area contributed by atoms with Crippen molar-refractivity contribution in [2.24, 2.45) is 0 Å². The van der Waals surface area contributed by atoms with Crippen LogP contribution in [0.15, 0.2) is 5.16 Å². The average molecular weight is 236 g/mol. The van der Waals surface area contributed by atoms with Crippen LogP contribution in [-0.4, -0.2) is 20.5 Å². The normalized spacial score (nSPS) is 15.2. The van der Waals surface area contributed by atoms with Crippen LogP contribution in [0.3, 0.4) is 0 Å². The Bertz CT molecular complexity index is 380. The van der Waals surface area contributed by atoms with Crippen LogP contribution >= 0.6 is 11.8 Å². The summed E-state index contributed by atoms with van der Waals surface area (Å²) in [5, 5.41) is 18.0. The molecule has 1 aliphatic heterocycles. The zero-order chi connectivity index (χ0) is 11.2. The van der Waals surface area contributed by atoms with Gasteiger partial charge in [-0.2, -0.15) is 5.26 Å². The molecule has 1 aliphatic rings. The van der Waals surface area contributed by atoms with Crippen molar-refractivity contribution in [2.45, 2.75) is 50.2 Å². The summed E-state index contributed by atoms with van der Waals surface area (Å²) in [5.41, 5.74) is 0. The summed E-state index contributed by atoms with van der Waals surface area (Å²) in [5.74, 6) is 2.10. The van der Waals surface area contributed by atoms with E-state index in [1.807, 2.05) is 0 Å². The smallest absolute Gasteiger partial charge is 0.191 e. The Morgan fingerprint density at radius 1 is 1.31 bits per heavy atom. The number of rotatable bonds is 4. The van der Waals surface area contributed by atoms with Crippen molar-refractivity contribution in [3.8, 4) is 6.07 Å². The fraction of sp³-hybridized carbons (Fsp3) is 0.727. The topological polar surface area (TPSA) is 54.5 Å². The van der Waals surface area contributed by atoms with Gasteiger partial charge in [0.25, 0.3) is 0 Å². The summed E-state index contributed by atoms with van der Waals surface area (Å²) in [6.45, 7) is 1.06. The highest BCUT2D eigenvalue weighted by atomic mass is 32.2. The highest BCUT2D eigenvalue weighted by Gasteiger charge is 2.14. The van der Waals surface area contributed by atoms with Gasteiger partial charge in [0.1, 0.15) is 5.82 Å². The third kappa shape index (κ3) is 2.76. The van der Waals surface area contributed by atoms with Gasteiger partial charge >= 0.3 is 0 Å². The molecule has 16 heavy (non-hydrogen) atoms. The lowest BCUT2D eigenvalue weighted by atomic mass is 10.2. The summed E-state index contributed by atoms with van der Waals surface area (Å²) in [7, 11) is 0. The predicted molar refractivity (Wildman–Crippen MR) is 63.1 cm³/mol. The quantitative estimate of drug-likeness (QED) is 0.595. The summed E-state index contributed by atoms with van der Waals surface area (Å²) >= 11 is 1.73. The van der Waals surface area contributed by atoms with Crippen LogP contribution in [0.4, 0.5) is 0 Å². The van der Waals surface area contributed by atoms with Gasteiger partial charge in [-0.1, -0.05) is 18.2 Å². The molecule has 1 aromatic rings. The van der Waals surface area contributed by atoms with E-state index >= 15 is 0 Å². The molecular weight excluding hydrogens is 220 g/mol. The number of nitrogens with zero attached hydrogens (tertiary/aromatic N) is 4. The van der Waals surface area contributed by atoms with Crippen LogP contribution in [0.5, 0.6) is 0 Å². The number of nitriles is 1. The molecule has 4 nitrogen and oxygen atoms in total. The summed E-state index contributed by atoms with van der Waals surface area (Å²) in [6, 6.07) is 2.16. The van der Waals surface area contributed by atoms with Crippen molar-refractivity contribution in [1.82, 2.24) is 14.8 Å². The lowest BCUT2D eigenvalue weighted by Crippen LogP contribution is -2.02. The van der Waals surface area contributed by atoms with Gasteiger partial charge in [-0.15, -0.1) is 10.2 Å². The monoisotopic (exact) mass is 236 g/mol. The van der Waals surface area contributed by atoms with Crippen LogP contribution in [0.1, 0.15) is 37.9 Å². The van der Waals surface area contributed by atoms with Gasteiger partial charge in [-0.3, -0.25) is 0 Å². The maximum Gasteiger partial charge on any atom is 0.191 e. The van der Waals surface area contributed by atoms with E-state index in [9.17, 15) is 0 Å². The first kappa shape index (κ1) is 11.5. The number of aryl methyl sites for hydroxylation is 1. The second kappa shape index (κ2) is 5.90. The minimum absolute atomic E-state index is 0.633. The molecule has 0 aromatic carbocycles. The van der Waals surface area contributed by atoms with Crippen molar-refractivity contribution < 1.29 is 0 Å². The molecule has 0 fully saturated rings. The molecule has 1 aromatic heterocycles. The number of thioether (sulfide) groups is 1. The molecule has 5 heteroatoms. The number of hydrogen-bond donors (Lipinski definition) is 0. The lowest BCUT2D eigenvalue weighted by Gasteiger charge is -2.05. The van der Waals surface area contributed by atoms with Crippen molar-refractivity contribution in [3.05, 3.63) is 5.82 Å². The number of fused-ring (bicyclic) bond motifs is 1. The Balaban J connectivity index is 1.94. The van der Waals surface area contributed by atoms with Crippen molar-refractivity contribution in [3.63, 3.8) is 0 Å². The summed E-state index contributed by atoms with van der Waals surface area (Å²) in [4.78, 5) is 0. The standard InChI is InChI=1S/C11H16N4S/c12-7-3-5-9-16-11-14-13-10-6-2-1-4-8-15(10)11/h1-6,8-9H2. The highest BCUT2D eigenvalue weighted by Crippen LogP contribution is 2.22. The van der Waals surface area contributed by atoms with Crippen LogP contribution < -0.4 is 0 Å². The SMILES string of the molecule is N#CCCCSc1nnc2n1CCCCC2. The Kier molecular flexibility index (Phi) is 4.23. The Morgan fingerprint density at radius 3 is 3.12 bits per heavy atom. The molecule has 0 saturated heterocycles. The summed E-state index contributed by atoms with van der Waals surface area (Å²) in [6.07, 6.45) is 6.39. The Labute approximate surface area is 100 Å². The minimum Gasteiger partial charge on any atom is -0.306 e. The number of unbranched alkanes of at least 4 members (excludes halogenated alkanes) is 1. The first-order chi connectivity index (χ1) is 7.92. The Hall–Kier alpha value is -1.02. The predicted octanol–water partition coefficient (Wildman–Crippen LogP) is 2.40. The fourth-order valence-electron chi connectivity index (χ4n) is 1.88. The van der Waals surface area contributed by atoms with Crippen molar-refractivity contribution in [2.75, 3.05) is 5.75 Å². The fourth-order valence-corrected chi connectivity index (χ4v) is 2.80. The zero-order valence-corrected chi connectivity index (χ0v) is 10.2. The maximum atomic E-state index is 8.46. The number of aromatic nitrogens is 3. The average Bonchev–Trinajstić information content (AvgIpc) is 2.54. The first-order valence-corrected chi connectivity index (χ1v) is 6.82. The maximum absolute atomic E-state index is 8.46. The van der Waals surface area contributed by atoms with E-state index in [1.165, 1.54) is 19.3 Å². The van der Waals surface area contributed by atoms with Crippen molar-refractivity contribution in [1.29, 1.82) is 5.26 Å². The summed E-state index contributed by atoms with van der Waals surface area (Å²) < 4.78 is 2.25. The van der Waals surface area contributed by atoms with E-state index < -0.39 is 0 Å². The molecule has 0 N–H and O–H groups in total. The molecule has 0 amide bonds. The van der Waals surface area contributed by atoms with E-state index in [2.05, 4.69) is 20.8 Å². The van der Waals surface area contributed by atoms with E-state index in [0.717, 1.165) is 36.1 Å². The minimum atomic E-state index is 0.633. The molecular formula is C11H16N4S.